The second-order valence-corrected chi connectivity index (χ2v) is 13.0. The molecule has 0 aliphatic rings. The number of carbonyl (C=O) groups is 2. The zero-order chi connectivity index (χ0) is 28.8. The van der Waals surface area contributed by atoms with Crippen LogP contribution in [0.15, 0.2) is 48.7 Å². The lowest BCUT2D eigenvalue weighted by Crippen LogP contribution is -3.00. The van der Waals surface area contributed by atoms with Gasteiger partial charge in [-0.05, 0) is 53.4 Å². The van der Waals surface area contributed by atoms with Crippen LogP contribution in [0.5, 0.6) is 0 Å². The Morgan fingerprint density at radius 2 is 1.76 bits per heavy atom. The van der Waals surface area contributed by atoms with Gasteiger partial charge in [-0.2, -0.15) is 0 Å². The van der Waals surface area contributed by atoms with E-state index in [1.807, 2.05) is 34.7 Å². The van der Waals surface area contributed by atoms with E-state index in [9.17, 15) is 9.59 Å². The van der Waals surface area contributed by atoms with Crippen LogP contribution in [-0.2, 0) is 22.7 Å². The number of anilines is 3. The molecule has 0 saturated heterocycles. The Labute approximate surface area is 263 Å². The summed E-state index contributed by atoms with van der Waals surface area (Å²) < 4.78 is 1.94. The quantitative estimate of drug-likeness (QED) is 0.161. The van der Waals surface area contributed by atoms with Crippen molar-refractivity contribution in [2.45, 2.75) is 6.42 Å². The van der Waals surface area contributed by atoms with Gasteiger partial charge in [0.1, 0.15) is 5.75 Å². The van der Waals surface area contributed by atoms with Gasteiger partial charge in [0.25, 0.3) is 5.91 Å². The Morgan fingerprint density at radius 1 is 1.02 bits per heavy atom. The number of halogens is 4. The lowest BCUT2D eigenvalue weighted by molar-refractivity contribution is -0.115. The summed E-state index contributed by atoms with van der Waals surface area (Å²) in [6, 6.07) is 12.6. The lowest BCUT2D eigenvalue weighted by atomic mass is 10.1. The SMILES string of the molecule is Cn1c(-c2cc(NC(=O)CC[S+](C)C)c[nH]2)nc2cc(C(=O)Nc3ccc(N(CCCl)CCCl)c(Cl)c3)ccc21.[Cl-]. The number of hydrogen-bond donors (Lipinski definition) is 3. The average molecular weight is 658 g/mol. The van der Waals surface area contributed by atoms with Gasteiger partial charge in [0.15, 0.2) is 5.82 Å². The summed E-state index contributed by atoms with van der Waals surface area (Å²) in [5, 5.41) is 6.35. The van der Waals surface area contributed by atoms with Gasteiger partial charge in [-0.25, -0.2) is 4.98 Å². The first kappa shape index (κ1) is 32.9. The molecule has 4 rings (SSSR count). The monoisotopic (exact) mass is 656 g/mol. The number of nitrogens with zero attached hydrogens (tertiary/aromatic N) is 3. The van der Waals surface area contributed by atoms with Crippen molar-refractivity contribution < 1.29 is 22.0 Å². The number of aromatic nitrogens is 3. The zero-order valence-electron chi connectivity index (χ0n) is 22.9. The summed E-state index contributed by atoms with van der Waals surface area (Å²) in [4.78, 5) is 35.3. The number of carbonyl (C=O) groups excluding carboxylic acids is 2. The smallest absolute Gasteiger partial charge is 0.255 e. The number of amides is 2. The van der Waals surface area contributed by atoms with E-state index >= 15 is 0 Å². The molecule has 3 N–H and O–H groups in total. The molecule has 13 heteroatoms. The van der Waals surface area contributed by atoms with Gasteiger partial charge >= 0.3 is 0 Å². The number of aromatic amines is 1. The minimum atomic E-state index is -0.275. The van der Waals surface area contributed by atoms with E-state index in [-0.39, 0.29) is 35.1 Å². The van der Waals surface area contributed by atoms with E-state index < -0.39 is 0 Å². The van der Waals surface area contributed by atoms with Gasteiger partial charge in [0, 0.05) is 49.3 Å². The predicted molar refractivity (Wildman–Crippen MR) is 171 cm³/mol. The number of H-pyrrole nitrogens is 1. The van der Waals surface area contributed by atoms with E-state index in [0.29, 0.717) is 64.6 Å². The van der Waals surface area contributed by atoms with Crippen LogP contribution in [0.3, 0.4) is 0 Å². The van der Waals surface area contributed by atoms with Crippen molar-refractivity contribution >= 4 is 85.6 Å². The van der Waals surface area contributed by atoms with Crippen LogP contribution in [0.4, 0.5) is 17.1 Å². The first-order chi connectivity index (χ1) is 19.2. The van der Waals surface area contributed by atoms with E-state index in [4.69, 9.17) is 39.8 Å². The van der Waals surface area contributed by atoms with Crippen molar-refractivity contribution in [2.24, 2.45) is 7.05 Å². The standard InChI is InChI=1S/C28H31Cl3N6O2S.ClH/c1-36-25-6-4-18(28(39)34-19-5-7-24(21(31)15-19)37(11-9-29)12-10-30)14-22(25)35-27(36)23-16-20(17-32-23)33-26(38)8-13-40(2)3;/h4-7,14-17H,8-13H2,1-3H3,(H2-,32,33,34,35,38,39);1H. The molecule has 0 atom stereocenters. The van der Waals surface area contributed by atoms with E-state index in [2.05, 4.69) is 28.1 Å². The molecule has 0 fully saturated rings. The molecule has 2 aromatic heterocycles. The van der Waals surface area contributed by atoms with Crippen molar-refractivity contribution in [3.63, 3.8) is 0 Å². The van der Waals surface area contributed by atoms with Gasteiger partial charge in [-0.1, -0.05) is 11.6 Å². The fourth-order valence-corrected chi connectivity index (χ4v) is 5.60. The molecule has 0 saturated carbocycles. The number of benzene rings is 2. The largest absolute Gasteiger partial charge is 1.00 e. The lowest BCUT2D eigenvalue weighted by Gasteiger charge is -2.24. The number of rotatable bonds is 12. The Kier molecular flexibility index (Phi) is 12.1. The van der Waals surface area contributed by atoms with Gasteiger partial charge in [-0.3, -0.25) is 9.59 Å². The second-order valence-electron chi connectivity index (χ2n) is 9.47. The molecular weight excluding hydrogens is 626 g/mol. The maximum Gasteiger partial charge on any atom is 0.255 e. The molecule has 41 heavy (non-hydrogen) atoms. The van der Waals surface area contributed by atoms with Crippen LogP contribution in [-0.4, -0.2) is 69.5 Å². The fourth-order valence-electron chi connectivity index (χ4n) is 4.30. The maximum atomic E-state index is 13.1. The highest BCUT2D eigenvalue weighted by Crippen LogP contribution is 2.30. The Bertz CT molecular complexity index is 1500. The number of hydrogen-bond acceptors (Lipinski definition) is 4. The van der Waals surface area contributed by atoms with Crippen LogP contribution >= 0.6 is 34.8 Å². The zero-order valence-corrected chi connectivity index (χ0v) is 26.8. The molecule has 220 valence electrons. The molecule has 0 spiro atoms. The van der Waals surface area contributed by atoms with Gasteiger partial charge in [-0.15, -0.1) is 23.2 Å². The third kappa shape index (κ3) is 8.26. The van der Waals surface area contributed by atoms with Crippen LogP contribution < -0.4 is 27.9 Å². The second kappa shape index (κ2) is 15.1. The van der Waals surface area contributed by atoms with Gasteiger partial charge < -0.3 is 37.5 Å². The fraction of sp³-hybridized carbons (Fsp3) is 0.321. The normalized spacial score (nSPS) is 11.0. The third-order valence-corrected chi connectivity index (χ3v) is 8.00. The molecule has 0 aliphatic heterocycles. The van der Waals surface area contributed by atoms with E-state index in [0.717, 1.165) is 22.7 Å². The summed E-state index contributed by atoms with van der Waals surface area (Å²) in [7, 11) is 2.13. The number of fused-ring (bicyclic) bond motifs is 1. The average Bonchev–Trinajstić information content (AvgIpc) is 3.51. The highest BCUT2D eigenvalue weighted by Gasteiger charge is 2.17. The molecule has 4 aromatic rings. The summed E-state index contributed by atoms with van der Waals surface area (Å²) in [6.07, 6.45) is 6.49. The molecule has 0 radical (unpaired) electrons. The van der Waals surface area contributed by atoms with Crippen molar-refractivity contribution in [2.75, 3.05) is 58.6 Å². The Morgan fingerprint density at radius 3 is 2.41 bits per heavy atom. The number of imidazole rings is 1. The maximum absolute atomic E-state index is 13.1. The highest BCUT2D eigenvalue weighted by molar-refractivity contribution is 7.95. The van der Waals surface area contributed by atoms with Crippen LogP contribution in [0.25, 0.3) is 22.6 Å². The molecule has 0 aliphatic carbocycles. The van der Waals surface area contributed by atoms with Crippen molar-refractivity contribution in [3.8, 4) is 11.5 Å². The molecule has 2 amide bonds. The molecule has 0 unspecified atom stereocenters. The van der Waals surface area contributed by atoms with E-state index in [1.165, 1.54) is 0 Å². The van der Waals surface area contributed by atoms with Gasteiger partial charge in [0.05, 0.1) is 52.1 Å². The number of aryl methyl sites for hydroxylation is 1. The Balaban J connectivity index is 0.00000462. The van der Waals surface area contributed by atoms with Crippen molar-refractivity contribution in [1.82, 2.24) is 14.5 Å². The van der Waals surface area contributed by atoms with Crippen molar-refractivity contribution in [1.29, 1.82) is 0 Å². The minimum Gasteiger partial charge on any atom is -1.00 e. The molecule has 2 heterocycles. The Hall–Kier alpha value is -2.56. The van der Waals surface area contributed by atoms with Crippen LogP contribution in [0, 0.1) is 0 Å². The summed E-state index contributed by atoms with van der Waals surface area (Å²) in [5.41, 5.74) is 4.85. The minimum absolute atomic E-state index is 0. The number of alkyl halides is 2. The molecule has 0 bridgehead atoms. The highest BCUT2D eigenvalue weighted by atomic mass is 35.5. The third-order valence-electron chi connectivity index (χ3n) is 6.34. The molecule has 2 aromatic carbocycles. The first-order valence-electron chi connectivity index (χ1n) is 12.7. The predicted octanol–water partition coefficient (Wildman–Crippen LogP) is 2.97. The van der Waals surface area contributed by atoms with Crippen LogP contribution in [0.2, 0.25) is 5.02 Å². The van der Waals surface area contributed by atoms with Crippen molar-refractivity contribution in [3.05, 3.63) is 59.2 Å². The summed E-state index contributed by atoms with van der Waals surface area (Å²) in [6.45, 7) is 1.23. The molecular formula is C28H32Cl4N6O2S. The van der Waals surface area contributed by atoms with Crippen LogP contribution in [0.1, 0.15) is 16.8 Å². The first-order valence-corrected chi connectivity index (χ1v) is 16.3. The summed E-state index contributed by atoms with van der Waals surface area (Å²) >= 11 is 18.4. The topological polar surface area (TPSA) is 95.0 Å². The van der Waals surface area contributed by atoms with Gasteiger partial charge in [0.2, 0.25) is 5.91 Å². The summed E-state index contributed by atoms with van der Waals surface area (Å²) in [5.74, 6) is 2.17. The van der Waals surface area contributed by atoms with E-state index in [1.54, 1.807) is 30.5 Å². The molecule has 8 nitrogen and oxygen atoms in total. The number of nitrogens with one attached hydrogen (secondary N) is 3.